The van der Waals surface area contributed by atoms with Gasteiger partial charge in [0.25, 0.3) is 59.5 Å². The van der Waals surface area contributed by atoms with Crippen LogP contribution >= 0.6 is 12.0 Å². The molecule has 2 fully saturated rings. The molecule has 0 radical (unpaired) electrons. The number of hydrogen-bond donors (Lipinski definition) is 4. The van der Waals surface area contributed by atoms with E-state index in [2.05, 4.69) is 9.37 Å². The highest BCUT2D eigenvalue weighted by molar-refractivity contribution is 7.94. The molecule has 0 unspecified atom stereocenters. The molecule has 32 heteroatoms. The molecular weight excluding hydrogens is 1180 g/mol. The lowest BCUT2D eigenvalue weighted by atomic mass is 10.1. The molecule has 83 heavy (non-hydrogen) atoms. The Morgan fingerprint density at radius 1 is 0.614 bits per heavy atom. The Morgan fingerprint density at radius 2 is 1.19 bits per heavy atom. The third kappa shape index (κ3) is 12.4. The number of benzene rings is 4. The van der Waals surface area contributed by atoms with Crippen molar-refractivity contribution in [1.29, 1.82) is 0 Å². The summed E-state index contributed by atoms with van der Waals surface area (Å²) in [5, 5.41) is 14.0. The maximum absolute atomic E-state index is 12.5. The Morgan fingerprint density at radius 3 is 1.80 bits per heavy atom. The molecule has 0 saturated carbocycles. The van der Waals surface area contributed by atoms with Gasteiger partial charge in [0.15, 0.2) is 23.5 Å². The number of fused-ring (bicyclic) bond motifs is 8. The molecule has 4 N–H and O–H groups in total. The normalized spacial score (nSPS) is 15.9. The van der Waals surface area contributed by atoms with E-state index >= 15 is 0 Å². The molecule has 10 rings (SSSR count). The number of aryl methyl sites for hydroxylation is 1. The maximum Gasteiger partial charge on any atom is 0.374 e. The number of nitrogens with zero attached hydrogens (tertiary/aromatic N) is 4. The number of anilines is 1. The molecule has 4 aromatic carbocycles. The van der Waals surface area contributed by atoms with Crippen LogP contribution in [0, 0.1) is 0 Å². The van der Waals surface area contributed by atoms with E-state index in [1.165, 1.54) is 18.2 Å². The van der Waals surface area contributed by atoms with Crippen molar-refractivity contribution in [2.75, 3.05) is 11.4 Å². The number of hydroxylamine groups is 4. The van der Waals surface area contributed by atoms with Gasteiger partial charge in [-0.1, -0.05) is 29.7 Å². The van der Waals surface area contributed by atoms with Crippen LogP contribution in [0.2, 0.25) is 0 Å². The first kappa shape index (κ1) is 58.2. The third-order valence-corrected chi connectivity index (χ3v) is 16.5. The van der Waals surface area contributed by atoms with Crippen molar-refractivity contribution in [3.63, 3.8) is 0 Å². The first-order valence-corrected chi connectivity index (χ1v) is 30.1. The first-order valence-electron chi connectivity index (χ1n) is 25.1. The van der Waals surface area contributed by atoms with Gasteiger partial charge in [-0.05, 0) is 68.2 Å². The molecule has 4 amide bonds. The van der Waals surface area contributed by atoms with Crippen LogP contribution < -0.4 is 14.2 Å². The number of unbranched alkanes of at least 4 members (excludes halogenated alkanes) is 4. The quantitative estimate of drug-likeness (QED) is 0.00711. The van der Waals surface area contributed by atoms with Crippen LogP contribution in [-0.2, 0) is 84.7 Å². The van der Waals surface area contributed by atoms with Crippen LogP contribution in [0.5, 0.6) is 5.75 Å². The van der Waals surface area contributed by atoms with Crippen molar-refractivity contribution in [2.24, 2.45) is 0 Å². The summed E-state index contributed by atoms with van der Waals surface area (Å²) in [6.45, 7) is 0.528. The second kappa shape index (κ2) is 23.3. The fraction of sp³-hybridized carbons (Fsp3) is 0.275. The van der Waals surface area contributed by atoms with E-state index < -0.39 is 86.2 Å². The number of rotatable bonds is 23. The summed E-state index contributed by atoms with van der Waals surface area (Å²) in [4.78, 5) is 82.3. The molecule has 0 spiro atoms. The van der Waals surface area contributed by atoms with Gasteiger partial charge < -0.3 is 32.6 Å². The van der Waals surface area contributed by atoms with Crippen LogP contribution in [0.25, 0.3) is 61.1 Å². The lowest BCUT2D eigenvalue weighted by Crippen LogP contribution is -2.35. The number of hydrogen-bond acceptors (Lipinski definition) is 23. The number of furan rings is 2. The second-order valence-electron chi connectivity index (χ2n) is 18.9. The summed E-state index contributed by atoms with van der Waals surface area (Å²) < 4.78 is 135. The lowest BCUT2D eigenvalue weighted by Gasteiger charge is -2.18. The van der Waals surface area contributed by atoms with E-state index in [1.807, 2.05) is 0 Å². The fourth-order valence-electron chi connectivity index (χ4n) is 9.56. The average Bonchev–Trinajstić information content (AvgIpc) is 2.52. The minimum Gasteiger partial charge on any atom is -0.455 e. The number of imide groups is 2. The number of amides is 4. The van der Waals surface area contributed by atoms with Crippen molar-refractivity contribution in [2.45, 2.75) is 103 Å². The second-order valence-corrected chi connectivity index (χ2v) is 23.9. The maximum atomic E-state index is 12.5. The van der Waals surface area contributed by atoms with Gasteiger partial charge in [-0.2, -0.15) is 29.8 Å². The molecule has 7 aromatic rings. The number of oxazole rings is 1. The molecule has 3 aliphatic heterocycles. The molecule has 0 bridgehead atoms. The van der Waals surface area contributed by atoms with Crippen molar-refractivity contribution in [3.05, 3.63) is 84.6 Å². The Hall–Kier alpha value is -8.05. The summed E-state index contributed by atoms with van der Waals surface area (Å²) in [7, 11) is -14.9. The molecule has 436 valence electrons. The van der Waals surface area contributed by atoms with Crippen LogP contribution in [0.4, 0.5) is 5.69 Å². The molecule has 28 nitrogen and oxygen atoms in total. The van der Waals surface area contributed by atoms with Crippen molar-refractivity contribution in [1.82, 2.24) is 10.1 Å². The SMILES string of the molecule is O=C(CCCCCN1/C(=C/C=C/C=C/c2oc3cc4c(cc3[n+]2CCCCCC(=O)ON2C(=O)CCC2=O)oc2c(S(=O)(=O)O)cc(S(=O)(=O)O)cc24)Oc2cc3c(cc21)oc1c(S(=O)(=O)O)cc(SOOO)cc13)ON1C(=O)CCC1=O. The van der Waals surface area contributed by atoms with Gasteiger partial charge in [0.05, 0.1) is 34.8 Å². The van der Waals surface area contributed by atoms with Crippen molar-refractivity contribution in [3.8, 4) is 5.75 Å². The minimum atomic E-state index is -5.09. The molecule has 6 heterocycles. The lowest BCUT2D eigenvalue weighted by molar-refractivity contribution is -0.678. The van der Waals surface area contributed by atoms with Gasteiger partial charge in [-0.3, -0.25) is 32.8 Å². The molecule has 3 aromatic heterocycles. The Kier molecular flexibility index (Phi) is 16.3. The fourth-order valence-corrected chi connectivity index (χ4v) is 12.0. The summed E-state index contributed by atoms with van der Waals surface area (Å²) in [6, 6.07) is 10.3. The van der Waals surface area contributed by atoms with Gasteiger partial charge in [0.1, 0.15) is 21.0 Å². The molecule has 0 aliphatic carbocycles. The molecule has 3 aliphatic rings. The number of ether oxygens (including phenoxy) is 1. The summed E-state index contributed by atoms with van der Waals surface area (Å²) in [5.74, 6) is -3.09. The van der Waals surface area contributed by atoms with Crippen molar-refractivity contribution >= 4 is 145 Å². The van der Waals surface area contributed by atoms with Gasteiger partial charge >= 0.3 is 17.8 Å². The predicted molar refractivity (Wildman–Crippen MR) is 283 cm³/mol. The van der Waals surface area contributed by atoms with Gasteiger partial charge in [-0.15, -0.1) is 14.5 Å². The van der Waals surface area contributed by atoms with E-state index in [-0.39, 0.29) is 101 Å². The Balaban J connectivity index is 0.936. The smallest absolute Gasteiger partial charge is 0.374 e. The van der Waals surface area contributed by atoms with Crippen LogP contribution in [0.1, 0.15) is 82.9 Å². The standard InChI is InChI=1S/C51H44N4O24S4/c56-42-14-15-43(57)54(42)76-48(60)12-6-2-8-18-52-34-26-36-30(32-20-28(80-79-78-62)21-40(50(32)74-36)82(66,67)68)24-38(34)72-46(52)10-4-1-5-11-47-53(19-9-3-7-13-49(61)77-55-44(58)16-17-45(55)59)35-27-37-31(25-39(35)73-47)33-22-29(81(63,64)65)23-41(51(33)75-37)83(69,70)71/h1,4-5,10-11,20-27H,2-3,6-9,12-19H2,(H3-,62,63,64,65,66,67,68,69,70,71)/p+1. The number of aromatic nitrogens is 1. The van der Waals surface area contributed by atoms with E-state index in [1.54, 1.807) is 52.0 Å². The zero-order valence-corrected chi connectivity index (χ0v) is 46.0. The van der Waals surface area contributed by atoms with E-state index in [0.717, 1.165) is 12.1 Å². The highest BCUT2D eigenvalue weighted by atomic mass is 32.2. The number of carbonyl (C=O) groups is 6. The Bertz CT molecular complexity index is 4300. The van der Waals surface area contributed by atoms with Crippen LogP contribution in [0.3, 0.4) is 0 Å². The highest BCUT2D eigenvalue weighted by Crippen LogP contribution is 2.46. The summed E-state index contributed by atoms with van der Waals surface area (Å²) in [6.07, 6.45) is 10.1. The first-order chi connectivity index (χ1) is 39.5. The highest BCUT2D eigenvalue weighted by Gasteiger charge is 2.35. The van der Waals surface area contributed by atoms with Gasteiger partial charge in [0, 0.05) is 84.0 Å². The monoisotopic (exact) mass is 1230 g/mol. The number of carbonyl (C=O) groups excluding carboxylic acids is 6. The topological polar surface area (TPSA) is 385 Å². The molecule has 2 saturated heterocycles. The van der Waals surface area contributed by atoms with Crippen LogP contribution in [0.15, 0.2) is 112 Å². The van der Waals surface area contributed by atoms with E-state index in [0.29, 0.717) is 95.0 Å². The largest absolute Gasteiger partial charge is 0.455 e. The molecular formula is C51H45N4O24S4+. The summed E-state index contributed by atoms with van der Waals surface area (Å²) >= 11 is 0.450. The third-order valence-electron chi connectivity index (χ3n) is 13.4. The van der Waals surface area contributed by atoms with Gasteiger partial charge in [0.2, 0.25) is 11.5 Å². The minimum absolute atomic E-state index is 0.0446. The van der Waals surface area contributed by atoms with E-state index in [4.69, 9.17) is 32.9 Å². The average molecular weight is 1230 g/mol. The van der Waals surface area contributed by atoms with Crippen molar-refractivity contribution < 1.29 is 115 Å². The van der Waals surface area contributed by atoms with Gasteiger partial charge in [-0.25, -0.2) is 14.8 Å². The number of allylic oxidation sites excluding steroid dienone is 4. The van der Waals surface area contributed by atoms with E-state index in [9.17, 15) is 67.7 Å². The zero-order valence-electron chi connectivity index (χ0n) is 42.8. The predicted octanol–water partition coefficient (Wildman–Crippen LogP) is 7.33. The Labute approximate surface area is 472 Å². The zero-order chi connectivity index (χ0) is 59.1. The summed E-state index contributed by atoms with van der Waals surface area (Å²) in [5.41, 5.74) is 0.747. The molecule has 0 atom stereocenters. The van der Waals surface area contributed by atoms with Crippen LogP contribution in [-0.4, -0.2) is 96.4 Å².